The molecule has 0 fully saturated rings. The number of esters is 1. The van der Waals surface area contributed by atoms with Crippen LogP contribution in [0.2, 0.25) is 5.02 Å². The van der Waals surface area contributed by atoms with Crippen molar-refractivity contribution in [2.75, 3.05) is 11.9 Å². The lowest BCUT2D eigenvalue weighted by atomic mass is 10.3. The molecule has 128 valence electrons. The molecular weight excluding hydrogens is 421 g/mol. The summed E-state index contributed by atoms with van der Waals surface area (Å²) >= 11 is 8.63. The molecule has 24 heavy (non-hydrogen) atoms. The van der Waals surface area contributed by atoms with Crippen molar-refractivity contribution in [1.29, 1.82) is 0 Å². The Labute approximate surface area is 146 Å². The van der Waals surface area contributed by atoms with Crippen molar-refractivity contribution in [2.24, 2.45) is 0 Å². The third-order valence-electron chi connectivity index (χ3n) is 2.54. The zero-order chi connectivity index (χ0) is 17.9. The molecule has 0 aliphatic heterocycles. The molecule has 2 heterocycles. The van der Waals surface area contributed by atoms with Gasteiger partial charge in [0.2, 0.25) is 5.76 Å². The van der Waals surface area contributed by atoms with E-state index < -0.39 is 35.2 Å². The molecule has 0 bridgehead atoms. The van der Waals surface area contributed by atoms with Crippen molar-refractivity contribution in [1.82, 2.24) is 4.98 Å². The number of hydrogen-bond acceptors (Lipinski definition) is 5. The number of halogens is 5. The van der Waals surface area contributed by atoms with Crippen LogP contribution in [-0.2, 0) is 15.7 Å². The summed E-state index contributed by atoms with van der Waals surface area (Å²) < 4.78 is 47.3. The maximum Gasteiger partial charge on any atom is 0.417 e. The number of carbonyl (C=O) groups is 2. The molecule has 0 saturated heterocycles. The molecule has 0 aromatic carbocycles. The van der Waals surface area contributed by atoms with Crippen LogP contribution in [0.4, 0.5) is 19.0 Å². The van der Waals surface area contributed by atoms with Gasteiger partial charge in [-0.05, 0) is 34.1 Å². The minimum Gasteiger partial charge on any atom is -0.450 e. The van der Waals surface area contributed by atoms with Crippen LogP contribution in [0, 0.1) is 0 Å². The molecule has 0 unspecified atom stereocenters. The minimum absolute atomic E-state index is 0.125. The average Bonchev–Trinajstić information content (AvgIpc) is 2.92. The van der Waals surface area contributed by atoms with Crippen LogP contribution in [0.5, 0.6) is 0 Å². The van der Waals surface area contributed by atoms with Gasteiger partial charge in [-0.25, -0.2) is 9.78 Å². The summed E-state index contributed by atoms with van der Waals surface area (Å²) in [6.45, 7) is -0.698. The molecule has 0 aliphatic rings. The van der Waals surface area contributed by atoms with Crippen molar-refractivity contribution in [3.05, 3.63) is 45.4 Å². The van der Waals surface area contributed by atoms with E-state index in [4.69, 9.17) is 16.0 Å². The zero-order valence-corrected chi connectivity index (χ0v) is 13.8. The molecule has 0 saturated carbocycles. The van der Waals surface area contributed by atoms with Gasteiger partial charge in [-0.3, -0.25) is 4.79 Å². The number of aromatic nitrogens is 1. The predicted molar refractivity (Wildman–Crippen MR) is 79.6 cm³/mol. The van der Waals surface area contributed by atoms with Gasteiger partial charge in [0, 0.05) is 6.20 Å². The third-order valence-corrected chi connectivity index (χ3v) is 3.25. The molecule has 1 N–H and O–H groups in total. The number of pyridine rings is 1. The van der Waals surface area contributed by atoms with Gasteiger partial charge in [0.05, 0.1) is 10.6 Å². The summed E-state index contributed by atoms with van der Waals surface area (Å²) in [4.78, 5) is 26.6. The highest BCUT2D eigenvalue weighted by Gasteiger charge is 2.31. The SMILES string of the molecule is O=C(COC(=O)c1ccc(Br)o1)Nc1ncc(C(F)(F)F)cc1Cl. The molecule has 0 aliphatic carbocycles. The molecule has 2 rings (SSSR count). The Kier molecular flexibility index (Phi) is 5.50. The first kappa shape index (κ1) is 18.3. The number of amides is 1. The quantitative estimate of drug-likeness (QED) is 0.749. The van der Waals surface area contributed by atoms with Crippen molar-refractivity contribution < 1.29 is 31.9 Å². The van der Waals surface area contributed by atoms with E-state index in [1.54, 1.807) is 0 Å². The second kappa shape index (κ2) is 7.22. The lowest BCUT2D eigenvalue weighted by Crippen LogP contribution is -2.21. The van der Waals surface area contributed by atoms with E-state index in [9.17, 15) is 22.8 Å². The smallest absolute Gasteiger partial charge is 0.417 e. The van der Waals surface area contributed by atoms with Gasteiger partial charge < -0.3 is 14.5 Å². The van der Waals surface area contributed by atoms with Gasteiger partial charge in [-0.2, -0.15) is 13.2 Å². The van der Waals surface area contributed by atoms with Crippen molar-refractivity contribution >= 4 is 45.2 Å². The Morgan fingerprint density at radius 3 is 2.62 bits per heavy atom. The van der Waals surface area contributed by atoms with Gasteiger partial charge in [0.25, 0.3) is 5.91 Å². The topological polar surface area (TPSA) is 81.4 Å². The van der Waals surface area contributed by atoms with Crippen molar-refractivity contribution in [2.45, 2.75) is 6.18 Å². The van der Waals surface area contributed by atoms with E-state index in [-0.39, 0.29) is 11.6 Å². The number of hydrogen-bond donors (Lipinski definition) is 1. The minimum atomic E-state index is -4.61. The van der Waals surface area contributed by atoms with E-state index in [0.717, 1.165) is 0 Å². The lowest BCUT2D eigenvalue weighted by Gasteiger charge is -2.10. The number of carbonyl (C=O) groups excluding carboxylic acids is 2. The first-order valence-corrected chi connectivity index (χ1v) is 7.29. The Bertz CT molecular complexity index is 779. The number of anilines is 1. The fourth-order valence-electron chi connectivity index (χ4n) is 1.48. The van der Waals surface area contributed by atoms with Crippen LogP contribution in [-0.4, -0.2) is 23.5 Å². The molecule has 6 nitrogen and oxygen atoms in total. The summed E-state index contributed by atoms with van der Waals surface area (Å²) in [6.07, 6.45) is -4.08. The molecule has 0 atom stereocenters. The summed E-state index contributed by atoms with van der Waals surface area (Å²) in [5, 5.41) is 1.73. The number of nitrogens with one attached hydrogen (secondary N) is 1. The van der Waals surface area contributed by atoms with Crippen molar-refractivity contribution in [3.8, 4) is 0 Å². The Morgan fingerprint density at radius 1 is 1.38 bits per heavy atom. The van der Waals surface area contributed by atoms with E-state index in [1.165, 1.54) is 12.1 Å². The second-order valence-corrected chi connectivity index (χ2v) is 5.47. The first-order chi connectivity index (χ1) is 11.2. The number of rotatable bonds is 4. The van der Waals surface area contributed by atoms with Crippen LogP contribution in [0.15, 0.2) is 33.5 Å². The van der Waals surface area contributed by atoms with Crippen LogP contribution in [0.1, 0.15) is 16.1 Å². The van der Waals surface area contributed by atoms with Crippen LogP contribution in [0.25, 0.3) is 0 Å². The van der Waals surface area contributed by atoms with Crippen molar-refractivity contribution in [3.63, 3.8) is 0 Å². The monoisotopic (exact) mass is 426 g/mol. The summed E-state index contributed by atoms with van der Waals surface area (Å²) in [6, 6.07) is 3.41. The molecule has 2 aromatic heterocycles. The zero-order valence-electron chi connectivity index (χ0n) is 11.5. The number of furan rings is 1. The molecular formula is C13H7BrClF3N2O4. The fraction of sp³-hybridized carbons (Fsp3) is 0.154. The molecule has 11 heteroatoms. The normalized spacial score (nSPS) is 11.2. The first-order valence-electron chi connectivity index (χ1n) is 6.12. The van der Waals surface area contributed by atoms with Gasteiger partial charge in [0.15, 0.2) is 17.1 Å². The van der Waals surface area contributed by atoms with E-state index in [1.807, 2.05) is 0 Å². The highest BCUT2D eigenvalue weighted by Crippen LogP contribution is 2.32. The van der Waals surface area contributed by atoms with Crippen LogP contribution >= 0.6 is 27.5 Å². The standard InChI is InChI=1S/C13H7BrClF3N2O4/c14-9-2-1-8(24-9)12(22)23-5-10(21)20-11-7(15)3-6(4-19-11)13(16,17)18/h1-4H,5H2,(H,19,20,21). The van der Waals surface area contributed by atoms with Gasteiger partial charge in [0.1, 0.15) is 0 Å². The van der Waals surface area contributed by atoms with E-state index in [0.29, 0.717) is 16.9 Å². The molecule has 0 radical (unpaired) electrons. The fourth-order valence-corrected chi connectivity index (χ4v) is 2.00. The summed E-state index contributed by atoms with van der Waals surface area (Å²) in [5.74, 6) is -2.13. The summed E-state index contributed by atoms with van der Waals surface area (Å²) in [7, 11) is 0. The van der Waals surface area contributed by atoms with Gasteiger partial charge in [-0.1, -0.05) is 11.6 Å². The van der Waals surface area contributed by atoms with E-state index in [2.05, 4.69) is 31.0 Å². The number of alkyl halides is 3. The van der Waals surface area contributed by atoms with Gasteiger partial charge >= 0.3 is 12.1 Å². The van der Waals surface area contributed by atoms with Crippen LogP contribution in [0.3, 0.4) is 0 Å². The molecule has 0 spiro atoms. The lowest BCUT2D eigenvalue weighted by molar-refractivity contribution is -0.137. The maximum atomic E-state index is 12.5. The molecule has 1 amide bonds. The van der Waals surface area contributed by atoms with Crippen LogP contribution < -0.4 is 5.32 Å². The highest BCUT2D eigenvalue weighted by molar-refractivity contribution is 9.10. The number of nitrogens with zero attached hydrogens (tertiary/aromatic N) is 1. The maximum absolute atomic E-state index is 12.5. The van der Waals surface area contributed by atoms with Gasteiger partial charge in [-0.15, -0.1) is 0 Å². The Hall–Kier alpha value is -2.07. The average molecular weight is 428 g/mol. The predicted octanol–water partition coefficient (Wildman–Crippen LogP) is 3.90. The number of ether oxygens (including phenoxy) is 1. The highest BCUT2D eigenvalue weighted by atomic mass is 79.9. The Morgan fingerprint density at radius 2 is 2.08 bits per heavy atom. The van der Waals surface area contributed by atoms with E-state index >= 15 is 0 Å². The summed E-state index contributed by atoms with van der Waals surface area (Å²) in [5.41, 5.74) is -1.06. The largest absolute Gasteiger partial charge is 0.450 e. The third kappa shape index (κ3) is 4.71. The second-order valence-electron chi connectivity index (χ2n) is 4.28. The molecule has 2 aromatic rings. The Balaban J connectivity index is 1.94.